The van der Waals surface area contributed by atoms with Gasteiger partial charge in [0.05, 0.1) is 10.4 Å². The lowest BCUT2D eigenvalue weighted by Gasteiger charge is -2.24. The average molecular weight is 484 g/mol. The lowest BCUT2D eigenvalue weighted by molar-refractivity contribution is -0.274. The molecule has 4 rings (SSSR count). The van der Waals surface area contributed by atoms with E-state index in [1.807, 2.05) is 13.8 Å². The molecule has 6 nitrogen and oxygen atoms in total. The molecule has 2 unspecified atom stereocenters. The molecule has 0 radical (unpaired) electrons. The molecule has 1 saturated carbocycles. The van der Waals surface area contributed by atoms with E-state index in [2.05, 4.69) is 21.5 Å². The lowest BCUT2D eigenvalue weighted by Crippen LogP contribution is -2.36. The zero-order chi connectivity index (χ0) is 23.8. The summed E-state index contributed by atoms with van der Waals surface area (Å²) in [6.07, 6.45) is -5.32. The van der Waals surface area contributed by atoms with Crippen molar-refractivity contribution in [1.82, 2.24) is 14.8 Å². The lowest BCUT2D eigenvalue weighted by atomic mass is 10.2. The van der Waals surface area contributed by atoms with E-state index >= 15 is 0 Å². The molecule has 1 saturated heterocycles. The third kappa shape index (κ3) is 5.97. The number of carbonyl (C=O) groups excluding carboxylic acids is 1. The van der Waals surface area contributed by atoms with Crippen LogP contribution in [0.2, 0.25) is 0 Å². The molecule has 2 aromatic rings. The van der Waals surface area contributed by atoms with Crippen molar-refractivity contribution in [3.8, 4) is 11.6 Å². The summed E-state index contributed by atoms with van der Waals surface area (Å²) >= 11 is 1.43. The Morgan fingerprint density at radius 1 is 1.30 bits per heavy atom. The zero-order valence-corrected chi connectivity index (χ0v) is 19.7. The highest BCUT2D eigenvalue weighted by Crippen LogP contribution is 2.52. The standard InChI is InChI=1S/C23H28F3N3O3S/c1-4-28-10-17-18(11-28)19(17)12-29(22(30)31-20-13-33-21(27-20)14(2)3)9-15-6-5-7-16(8-15)32-23(24,25)26/h5-8,13-14,17-19H,4,9-12H2,1-3H3. The first-order valence-corrected chi connectivity index (χ1v) is 12.0. The molecule has 1 aromatic carbocycles. The summed E-state index contributed by atoms with van der Waals surface area (Å²) in [4.78, 5) is 21.4. The number of hydrogen-bond donors (Lipinski definition) is 0. The number of alkyl halides is 3. The zero-order valence-electron chi connectivity index (χ0n) is 18.8. The Hall–Kier alpha value is -2.33. The van der Waals surface area contributed by atoms with Gasteiger partial charge in [0.25, 0.3) is 0 Å². The van der Waals surface area contributed by atoms with E-state index in [0.29, 0.717) is 29.9 Å². The predicted molar refractivity (Wildman–Crippen MR) is 118 cm³/mol. The van der Waals surface area contributed by atoms with Gasteiger partial charge in [-0.3, -0.25) is 0 Å². The molecule has 0 bridgehead atoms. The Kier molecular flexibility index (Phi) is 6.86. The fourth-order valence-corrected chi connectivity index (χ4v) is 5.26. The number of amides is 1. The molecule has 10 heteroatoms. The van der Waals surface area contributed by atoms with Gasteiger partial charge in [-0.2, -0.15) is 0 Å². The summed E-state index contributed by atoms with van der Waals surface area (Å²) in [6.45, 7) is 9.84. The summed E-state index contributed by atoms with van der Waals surface area (Å²) in [5.74, 6) is 1.63. The van der Waals surface area contributed by atoms with Crippen LogP contribution in [0.15, 0.2) is 29.6 Å². The predicted octanol–water partition coefficient (Wildman–Crippen LogP) is 5.36. The highest BCUT2D eigenvalue weighted by Gasteiger charge is 2.55. The summed E-state index contributed by atoms with van der Waals surface area (Å²) in [5, 5.41) is 2.58. The van der Waals surface area contributed by atoms with Gasteiger partial charge >= 0.3 is 12.5 Å². The Balaban J connectivity index is 1.47. The van der Waals surface area contributed by atoms with Crippen LogP contribution in [0.1, 0.15) is 37.3 Å². The van der Waals surface area contributed by atoms with Crippen LogP contribution in [0.4, 0.5) is 18.0 Å². The molecule has 2 atom stereocenters. The largest absolute Gasteiger partial charge is 0.573 e. The van der Waals surface area contributed by atoms with Crippen LogP contribution in [0.5, 0.6) is 11.6 Å². The number of aromatic nitrogens is 1. The van der Waals surface area contributed by atoms with Crippen molar-refractivity contribution in [1.29, 1.82) is 0 Å². The molecule has 1 aliphatic heterocycles. The maximum Gasteiger partial charge on any atom is 0.573 e. The molecule has 1 amide bonds. The molecule has 0 N–H and O–H groups in total. The van der Waals surface area contributed by atoms with E-state index in [-0.39, 0.29) is 24.1 Å². The van der Waals surface area contributed by atoms with Crippen LogP contribution < -0.4 is 9.47 Å². The number of fused-ring (bicyclic) bond motifs is 1. The van der Waals surface area contributed by atoms with Gasteiger partial charge < -0.3 is 19.3 Å². The number of rotatable bonds is 8. The fourth-order valence-electron chi connectivity index (χ4n) is 4.52. The van der Waals surface area contributed by atoms with Crippen LogP contribution in [0.25, 0.3) is 0 Å². The molecular formula is C23H28F3N3O3S. The second-order valence-electron chi connectivity index (χ2n) is 8.97. The van der Waals surface area contributed by atoms with Crippen molar-refractivity contribution in [2.45, 2.75) is 39.6 Å². The van der Waals surface area contributed by atoms with Crippen molar-refractivity contribution in [2.75, 3.05) is 26.2 Å². The van der Waals surface area contributed by atoms with Gasteiger partial charge in [-0.15, -0.1) is 24.5 Å². The van der Waals surface area contributed by atoms with E-state index in [1.54, 1.807) is 16.3 Å². The Morgan fingerprint density at radius 2 is 2.03 bits per heavy atom. The Bertz CT molecular complexity index is 969. The van der Waals surface area contributed by atoms with Crippen LogP contribution in [-0.2, 0) is 6.54 Å². The third-order valence-corrected chi connectivity index (χ3v) is 7.40. The minimum absolute atomic E-state index is 0.127. The highest BCUT2D eigenvalue weighted by molar-refractivity contribution is 7.09. The molecule has 33 heavy (non-hydrogen) atoms. The molecule has 2 fully saturated rings. The van der Waals surface area contributed by atoms with Crippen molar-refractivity contribution in [2.24, 2.45) is 17.8 Å². The number of carbonyl (C=O) groups is 1. The van der Waals surface area contributed by atoms with E-state index < -0.39 is 12.5 Å². The number of likely N-dealkylation sites (tertiary alicyclic amines) is 1. The topological polar surface area (TPSA) is 54.9 Å². The molecule has 2 heterocycles. The Labute approximate surface area is 195 Å². The number of hydrogen-bond acceptors (Lipinski definition) is 6. The highest BCUT2D eigenvalue weighted by atomic mass is 32.1. The van der Waals surface area contributed by atoms with Crippen molar-refractivity contribution < 1.29 is 27.4 Å². The molecule has 2 aliphatic rings. The summed E-state index contributed by atoms with van der Waals surface area (Å²) in [7, 11) is 0. The van der Waals surface area contributed by atoms with E-state index in [0.717, 1.165) is 24.6 Å². The monoisotopic (exact) mass is 483 g/mol. The normalized spacial score (nSPS) is 22.3. The molecule has 0 spiro atoms. The maximum atomic E-state index is 13.1. The maximum absolute atomic E-state index is 13.1. The second-order valence-corrected chi connectivity index (χ2v) is 9.86. The van der Waals surface area contributed by atoms with Crippen molar-refractivity contribution >= 4 is 17.4 Å². The number of halogens is 3. The molecule has 1 aromatic heterocycles. The second kappa shape index (κ2) is 9.50. The first kappa shape index (κ1) is 23.8. The van der Waals surface area contributed by atoms with Gasteiger partial charge in [0, 0.05) is 32.1 Å². The number of nitrogens with zero attached hydrogens (tertiary/aromatic N) is 3. The van der Waals surface area contributed by atoms with Crippen molar-refractivity contribution in [3.05, 3.63) is 40.2 Å². The molecule has 1 aliphatic carbocycles. The third-order valence-electron chi connectivity index (χ3n) is 6.28. The number of benzene rings is 1. The van der Waals surface area contributed by atoms with Crippen LogP contribution in [0.3, 0.4) is 0 Å². The number of thiazole rings is 1. The summed E-state index contributed by atoms with van der Waals surface area (Å²) < 4.78 is 47.4. The van der Waals surface area contributed by atoms with E-state index in [4.69, 9.17) is 4.74 Å². The van der Waals surface area contributed by atoms with Gasteiger partial charge in [0.15, 0.2) is 0 Å². The van der Waals surface area contributed by atoms with E-state index in [1.165, 1.54) is 29.5 Å². The van der Waals surface area contributed by atoms with Gasteiger partial charge in [-0.1, -0.05) is 32.9 Å². The smallest absolute Gasteiger partial charge is 0.406 e. The van der Waals surface area contributed by atoms with Gasteiger partial charge in [0.1, 0.15) is 5.75 Å². The van der Waals surface area contributed by atoms with Gasteiger partial charge in [-0.25, -0.2) is 9.78 Å². The van der Waals surface area contributed by atoms with Crippen LogP contribution in [0, 0.1) is 17.8 Å². The SMILES string of the molecule is CCN1CC2C(C1)C2CN(Cc1cccc(OC(F)(F)F)c1)C(=O)Oc1csc(C(C)C)n1. The fraction of sp³-hybridized carbons (Fsp3) is 0.565. The first-order valence-electron chi connectivity index (χ1n) is 11.1. The summed E-state index contributed by atoms with van der Waals surface area (Å²) in [6, 6.07) is 5.71. The summed E-state index contributed by atoms with van der Waals surface area (Å²) in [5.41, 5.74) is 0.538. The van der Waals surface area contributed by atoms with Gasteiger partial charge in [0.2, 0.25) is 5.88 Å². The quantitative estimate of drug-likeness (QED) is 0.506. The minimum Gasteiger partial charge on any atom is -0.406 e. The molecular weight excluding hydrogens is 455 g/mol. The van der Waals surface area contributed by atoms with Crippen molar-refractivity contribution in [3.63, 3.8) is 0 Å². The van der Waals surface area contributed by atoms with E-state index in [9.17, 15) is 18.0 Å². The first-order chi connectivity index (χ1) is 15.6. The number of piperidine rings is 1. The Morgan fingerprint density at radius 3 is 2.64 bits per heavy atom. The van der Waals surface area contributed by atoms with Crippen LogP contribution in [-0.4, -0.2) is 53.4 Å². The number of ether oxygens (including phenoxy) is 2. The minimum atomic E-state index is -4.77. The van der Waals surface area contributed by atoms with Crippen LogP contribution >= 0.6 is 11.3 Å². The molecule has 180 valence electrons. The van der Waals surface area contributed by atoms with Gasteiger partial charge in [-0.05, 0) is 42.0 Å². The average Bonchev–Trinajstić information content (AvgIpc) is 3.11.